The minimum atomic E-state index is -4.24. The average molecular weight is 346 g/mol. The summed E-state index contributed by atoms with van der Waals surface area (Å²) in [5.41, 5.74) is -2.51. The smallest absolute Gasteiger partial charge is 0.381 e. The zero-order valence-corrected chi connectivity index (χ0v) is 13.8. The Hall–Kier alpha value is -2.22. The summed E-state index contributed by atoms with van der Waals surface area (Å²) in [4.78, 5) is 23.0. The van der Waals surface area contributed by atoms with Gasteiger partial charge in [0.2, 0.25) is 0 Å². The van der Waals surface area contributed by atoms with E-state index in [1.54, 1.807) is 0 Å². The molecule has 0 radical (unpaired) electrons. The van der Waals surface area contributed by atoms with Crippen LogP contribution >= 0.6 is 0 Å². The van der Waals surface area contributed by atoms with Crippen LogP contribution in [0, 0.1) is 5.92 Å². The van der Waals surface area contributed by atoms with E-state index < -0.39 is 29.4 Å². The molecule has 1 aromatic carbocycles. The summed E-state index contributed by atoms with van der Waals surface area (Å²) in [5, 5.41) is 8.76. The van der Waals surface area contributed by atoms with Crippen molar-refractivity contribution in [2.45, 2.75) is 32.3 Å². The number of carboxylic acids is 1. The average Bonchev–Trinajstić information content (AvgIpc) is 2.52. The maximum Gasteiger partial charge on any atom is 0.381 e. The van der Waals surface area contributed by atoms with Gasteiger partial charge in [-0.3, -0.25) is 0 Å². The van der Waals surface area contributed by atoms with Gasteiger partial charge in [-0.05, 0) is 37.1 Å². The van der Waals surface area contributed by atoms with E-state index in [2.05, 4.69) is 0 Å². The van der Waals surface area contributed by atoms with E-state index in [1.807, 2.05) is 0 Å². The highest BCUT2D eigenvalue weighted by Crippen LogP contribution is 2.39. The summed E-state index contributed by atoms with van der Waals surface area (Å²) < 4.78 is 42.8. The molecule has 1 unspecified atom stereocenters. The molecule has 6 nitrogen and oxygen atoms in total. The van der Waals surface area contributed by atoms with Crippen molar-refractivity contribution in [2.75, 3.05) is 13.9 Å². The fraction of sp³-hybridized carbons (Fsp3) is 0.500. The van der Waals surface area contributed by atoms with Crippen molar-refractivity contribution in [1.82, 2.24) is 0 Å². The van der Waals surface area contributed by atoms with Gasteiger partial charge in [-0.2, -0.15) is 8.78 Å². The Morgan fingerprint density at radius 2 is 1.75 bits per heavy atom. The number of carbonyl (C=O) groups excluding carboxylic acids is 1. The van der Waals surface area contributed by atoms with E-state index in [4.69, 9.17) is 19.3 Å². The molecule has 0 aliphatic heterocycles. The number of hydrogen-bond donors (Lipinski definition) is 1. The lowest BCUT2D eigenvalue weighted by atomic mass is 9.85. The van der Waals surface area contributed by atoms with Crippen molar-refractivity contribution in [1.29, 1.82) is 0 Å². The molecule has 0 aromatic heterocycles. The quantitative estimate of drug-likeness (QED) is 0.576. The highest BCUT2D eigenvalue weighted by molar-refractivity contribution is 5.90. The second kappa shape index (κ2) is 7.57. The topological polar surface area (TPSA) is 82.1 Å². The number of alkyl halides is 2. The predicted octanol–water partition coefficient (Wildman–Crippen LogP) is 2.96. The molecule has 0 saturated carbocycles. The van der Waals surface area contributed by atoms with Crippen molar-refractivity contribution in [3.05, 3.63) is 29.8 Å². The molecule has 1 aromatic rings. The van der Waals surface area contributed by atoms with E-state index in [0.29, 0.717) is 5.75 Å². The molecule has 0 spiro atoms. The molecule has 0 aliphatic rings. The van der Waals surface area contributed by atoms with Crippen LogP contribution in [0.2, 0.25) is 0 Å². The molecule has 24 heavy (non-hydrogen) atoms. The van der Waals surface area contributed by atoms with E-state index in [0.717, 1.165) is 6.92 Å². The molecule has 1 atom stereocenters. The number of ether oxygens (including phenoxy) is 3. The summed E-state index contributed by atoms with van der Waals surface area (Å²) in [5.74, 6) is -8.16. The number of methoxy groups -OCH3 is 1. The number of rotatable bonds is 8. The van der Waals surface area contributed by atoms with Gasteiger partial charge in [-0.25, -0.2) is 9.59 Å². The normalized spacial score (nSPS) is 14.1. The van der Waals surface area contributed by atoms with Crippen molar-refractivity contribution in [2.24, 2.45) is 5.92 Å². The molecule has 1 N–H and O–H groups in total. The number of halogens is 2. The number of hydrogen-bond acceptors (Lipinski definition) is 5. The van der Waals surface area contributed by atoms with Gasteiger partial charge in [0.15, 0.2) is 12.4 Å². The lowest BCUT2D eigenvalue weighted by molar-refractivity contribution is -0.214. The Bertz CT molecular complexity index is 585. The first-order chi connectivity index (χ1) is 11.1. The van der Waals surface area contributed by atoms with Crippen molar-refractivity contribution >= 4 is 11.9 Å². The lowest BCUT2D eigenvalue weighted by Gasteiger charge is -2.37. The number of benzene rings is 1. The second-order valence-corrected chi connectivity index (χ2v) is 5.61. The van der Waals surface area contributed by atoms with E-state index in [1.165, 1.54) is 45.2 Å². The molecule has 0 heterocycles. The number of carboxylic acid groups (broad SMARTS) is 1. The fourth-order valence-electron chi connectivity index (χ4n) is 1.82. The van der Waals surface area contributed by atoms with Gasteiger partial charge in [0.25, 0.3) is 0 Å². The molecule has 0 amide bonds. The van der Waals surface area contributed by atoms with Crippen LogP contribution in [-0.4, -0.2) is 42.5 Å². The Morgan fingerprint density at radius 1 is 1.21 bits per heavy atom. The van der Waals surface area contributed by atoms with Crippen LogP contribution in [0.3, 0.4) is 0 Å². The summed E-state index contributed by atoms with van der Waals surface area (Å²) in [7, 11) is 1.45. The van der Waals surface area contributed by atoms with Crippen molar-refractivity contribution in [3.8, 4) is 5.75 Å². The van der Waals surface area contributed by atoms with Crippen LogP contribution in [0.15, 0.2) is 24.3 Å². The fourth-order valence-corrected chi connectivity index (χ4v) is 1.82. The lowest BCUT2D eigenvalue weighted by Crippen LogP contribution is -2.57. The Morgan fingerprint density at radius 3 is 2.17 bits per heavy atom. The van der Waals surface area contributed by atoms with Gasteiger partial charge in [0.05, 0.1) is 5.56 Å². The SMILES string of the molecule is COCOc1ccc(C(=O)OC(C)(C(C)C)C(F)(F)C(=O)O)cc1. The minimum Gasteiger partial charge on any atom is -0.477 e. The maximum atomic E-state index is 14.0. The standard InChI is InChI=1S/C16H20F2O6/c1-10(2)15(3,16(17,18)14(20)21)24-13(19)11-5-7-12(8-6-11)23-9-22-4/h5-8,10H,9H2,1-4H3,(H,20,21). The molecular weight excluding hydrogens is 326 g/mol. The predicted molar refractivity (Wildman–Crippen MR) is 80.2 cm³/mol. The van der Waals surface area contributed by atoms with Crippen LogP contribution in [-0.2, 0) is 14.3 Å². The second-order valence-electron chi connectivity index (χ2n) is 5.61. The van der Waals surface area contributed by atoms with Crippen LogP contribution in [0.5, 0.6) is 5.75 Å². The first kappa shape index (κ1) is 19.8. The van der Waals surface area contributed by atoms with E-state index in [-0.39, 0.29) is 12.4 Å². The largest absolute Gasteiger partial charge is 0.477 e. The third kappa shape index (κ3) is 4.00. The summed E-state index contributed by atoms with van der Waals surface area (Å²) in [6, 6.07) is 5.54. The molecular formula is C16H20F2O6. The van der Waals surface area contributed by atoms with E-state index in [9.17, 15) is 18.4 Å². The van der Waals surface area contributed by atoms with Crippen LogP contribution in [0.4, 0.5) is 8.78 Å². The third-order valence-corrected chi connectivity index (χ3v) is 3.73. The summed E-state index contributed by atoms with van der Waals surface area (Å²) in [6.45, 7) is 3.62. The maximum absolute atomic E-state index is 14.0. The van der Waals surface area contributed by atoms with Crippen molar-refractivity contribution < 1.29 is 37.7 Å². The molecule has 0 fully saturated rings. The highest BCUT2D eigenvalue weighted by atomic mass is 19.3. The molecule has 0 aliphatic carbocycles. The van der Waals surface area contributed by atoms with Gasteiger partial charge < -0.3 is 19.3 Å². The van der Waals surface area contributed by atoms with Gasteiger partial charge in [0, 0.05) is 7.11 Å². The number of carbonyl (C=O) groups is 2. The molecule has 0 bridgehead atoms. The van der Waals surface area contributed by atoms with E-state index >= 15 is 0 Å². The first-order valence-electron chi connectivity index (χ1n) is 7.12. The molecule has 0 saturated heterocycles. The third-order valence-electron chi connectivity index (χ3n) is 3.73. The van der Waals surface area contributed by atoms with Crippen LogP contribution < -0.4 is 4.74 Å². The number of aliphatic carboxylic acids is 1. The van der Waals surface area contributed by atoms with Gasteiger partial charge in [-0.15, -0.1) is 0 Å². The summed E-state index contributed by atoms with van der Waals surface area (Å²) in [6.07, 6.45) is 0. The minimum absolute atomic E-state index is 0.00664. The first-order valence-corrected chi connectivity index (χ1v) is 7.12. The van der Waals surface area contributed by atoms with Gasteiger partial charge >= 0.3 is 17.9 Å². The Balaban J connectivity index is 2.99. The Labute approximate surface area is 138 Å². The van der Waals surface area contributed by atoms with Crippen LogP contribution in [0.25, 0.3) is 0 Å². The van der Waals surface area contributed by atoms with Crippen LogP contribution in [0.1, 0.15) is 31.1 Å². The molecule has 1 rings (SSSR count). The van der Waals surface area contributed by atoms with Gasteiger partial charge in [0.1, 0.15) is 5.75 Å². The Kier molecular flexibility index (Phi) is 6.25. The zero-order valence-electron chi connectivity index (χ0n) is 13.8. The molecule has 8 heteroatoms. The van der Waals surface area contributed by atoms with Gasteiger partial charge in [-0.1, -0.05) is 13.8 Å². The summed E-state index contributed by atoms with van der Waals surface area (Å²) >= 11 is 0. The highest BCUT2D eigenvalue weighted by Gasteiger charge is 2.61. The molecule has 134 valence electrons. The van der Waals surface area contributed by atoms with Crippen molar-refractivity contribution in [3.63, 3.8) is 0 Å². The monoisotopic (exact) mass is 346 g/mol. The number of esters is 1. The zero-order chi connectivity index (χ0) is 18.5.